The molecule has 0 radical (unpaired) electrons. The zero-order chi connectivity index (χ0) is 26.4. The molecule has 0 aliphatic carbocycles. The van der Waals surface area contributed by atoms with Crippen molar-refractivity contribution in [1.29, 1.82) is 0 Å². The zero-order valence-corrected chi connectivity index (χ0v) is 22.5. The van der Waals surface area contributed by atoms with Crippen molar-refractivity contribution in [2.75, 3.05) is 13.1 Å². The van der Waals surface area contributed by atoms with E-state index in [1.54, 1.807) is 6.07 Å². The van der Waals surface area contributed by atoms with Gasteiger partial charge in [-0.3, -0.25) is 4.79 Å². The highest BCUT2D eigenvalue weighted by molar-refractivity contribution is 5.83. The van der Waals surface area contributed by atoms with E-state index in [2.05, 4.69) is 45.0 Å². The van der Waals surface area contributed by atoms with E-state index < -0.39 is 0 Å². The molecule has 3 aliphatic heterocycles. The second-order valence-corrected chi connectivity index (χ2v) is 11.7. The maximum absolute atomic E-state index is 13.8. The summed E-state index contributed by atoms with van der Waals surface area (Å²) in [6, 6.07) is 15.0. The van der Waals surface area contributed by atoms with Gasteiger partial charge in [-0.2, -0.15) is 0 Å². The molecule has 2 aromatic carbocycles. The van der Waals surface area contributed by atoms with E-state index in [4.69, 9.17) is 9.47 Å². The molecule has 0 N–H and O–H groups in total. The SMILES string of the molecule is CC(C)=CCC[C@@]1(C)Oc2ccccc2[C@H]2O[C@H]3CCN(C(=O)Cn4ccc5ccc(F)cc54)C[C@@H]3C[C@@H]21. The van der Waals surface area contributed by atoms with Crippen LogP contribution in [0.1, 0.15) is 58.1 Å². The normalized spacial score (nSPS) is 28.2. The van der Waals surface area contributed by atoms with Crippen molar-refractivity contribution in [1.82, 2.24) is 9.47 Å². The maximum Gasteiger partial charge on any atom is 0.242 e. The van der Waals surface area contributed by atoms with Crippen LogP contribution >= 0.6 is 0 Å². The van der Waals surface area contributed by atoms with Gasteiger partial charge in [0.05, 0.1) is 17.7 Å². The van der Waals surface area contributed by atoms with Gasteiger partial charge in [-0.05, 0) is 82.2 Å². The average molecular weight is 517 g/mol. The van der Waals surface area contributed by atoms with Gasteiger partial charge in [-0.1, -0.05) is 29.8 Å². The molecule has 200 valence electrons. The molecule has 6 heteroatoms. The minimum absolute atomic E-state index is 0.0151. The summed E-state index contributed by atoms with van der Waals surface area (Å²) in [6.45, 7) is 8.10. The standard InChI is InChI=1S/C32H37FN2O3/c1-21(2)7-6-14-32(3)26-17-23-19-35(30(36)20-34-15-12-22-10-11-24(33)18-27(22)34)16-13-28(23)37-31(26)25-8-4-5-9-29(25)38-32/h4-5,7-12,15,18,23,26,28,31H,6,13-14,16-17,19-20H2,1-3H3/t23-,26-,28-,31+,32+/m0/s1. The van der Waals surface area contributed by atoms with Crippen LogP contribution in [0.15, 0.2) is 66.4 Å². The molecule has 1 aromatic heterocycles. The smallest absolute Gasteiger partial charge is 0.242 e. The molecule has 0 unspecified atom stereocenters. The Morgan fingerprint density at radius 2 is 2.03 bits per heavy atom. The summed E-state index contributed by atoms with van der Waals surface area (Å²) in [5.74, 6) is 1.21. The Morgan fingerprint density at radius 1 is 1.18 bits per heavy atom. The molecule has 3 aliphatic rings. The van der Waals surface area contributed by atoms with Crippen LogP contribution in [0.3, 0.4) is 0 Å². The molecule has 5 nitrogen and oxygen atoms in total. The van der Waals surface area contributed by atoms with E-state index in [9.17, 15) is 9.18 Å². The predicted octanol–water partition coefficient (Wildman–Crippen LogP) is 6.67. The molecular weight excluding hydrogens is 479 g/mol. The van der Waals surface area contributed by atoms with E-state index in [1.807, 2.05) is 27.8 Å². The first-order chi connectivity index (χ1) is 18.3. The monoisotopic (exact) mass is 516 g/mol. The number of hydrogen-bond donors (Lipinski definition) is 0. The van der Waals surface area contributed by atoms with Crippen molar-refractivity contribution in [2.24, 2.45) is 11.8 Å². The van der Waals surface area contributed by atoms with Crippen LogP contribution in [0.4, 0.5) is 4.39 Å². The quantitative estimate of drug-likeness (QED) is 0.356. The van der Waals surface area contributed by atoms with Gasteiger partial charge in [0, 0.05) is 36.7 Å². The molecule has 2 saturated heterocycles. The molecule has 5 atom stereocenters. The lowest BCUT2D eigenvalue weighted by molar-refractivity contribution is -0.193. The summed E-state index contributed by atoms with van der Waals surface area (Å²) in [5.41, 5.74) is 2.89. The average Bonchev–Trinajstić information content (AvgIpc) is 3.29. The third kappa shape index (κ3) is 4.64. The lowest BCUT2D eigenvalue weighted by atomic mass is 9.68. The first kappa shape index (κ1) is 25.2. The summed E-state index contributed by atoms with van der Waals surface area (Å²) in [5, 5.41) is 0.939. The molecule has 38 heavy (non-hydrogen) atoms. The third-order valence-corrected chi connectivity index (χ3v) is 8.85. The molecule has 0 bridgehead atoms. The van der Waals surface area contributed by atoms with Crippen LogP contribution in [0.2, 0.25) is 0 Å². The molecule has 0 saturated carbocycles. The summed E-state index contributed by atoms with van der Waals surface area (Å²) >= 11 is 0. The molecule has 3 aromatic rings. The summed E-state index contributed by atoms with van der Waals surface area (Å²) in [7, 11) is 0. The molecule has 6 rings (SSSR count). The minimum Gasteiger partial charge on any atom is -0.487 e. The van der Waals surface area contributed by atoms with Gasteiger partial charge in [0.25, 0.3) is 0 Å². The number of likely N-dealkylation sites (tertiary alicyclic amines) is 1. The highest BCUT2D eigenvalue weighted by Gasteiger charge is 2.53. The summed E-state index contributed by atoms with van der Waals surface area (Å²) in [4.78, 5) is 15.4. The first-order valence-corrected chi connectivity index (χ1v) is 13.9. The fourth-order valence-corrected chi connectivity index (χ4v) is 6.80. The van der Waals surface area contributed by atoms with Crippen molar-refractivity contribution in [3.8, 4) is 5.75 Å². The number of carbonyl (C=O) groups excluding carboxylic acids is 1. The predicted molar refractivity (Wildman–Crippen MR) is 146 cm³/mol. The topological polar surface area (TPSA) is 43.7 Å². The van der Waals surface area contributed by atoms with Gasteiger partial charge in [0.15, 0.2) is 0 Å². The number of rotatable bonds is 5. The van der Waals surface area contributed by atoms with Crippen molar-refractivity contribution in [3.05, 3.63) is 77.8 Å². The van der Waals surface area contributed by atoms with E-state index in [0.717, 1.165) is 47.9 Å². The Balaban J connectivity index is 1.20. The number of piperidine rings is 1. The lowest BCUT2D eigenvalue weighted by Crippen LogP contribution is -2.57. The van der Waals surface area contributed by atoms with Crippen LogP contribution in [-0.4, -0.2) is 40.2 Å². The number of para-hydroxylation sites is 1. The Bertz CT molecular complexity index is 1380. The van der Waals surface area contributed by atoms with Crippen LogP contribution < -0.4 is 4.74 Å². The maximum atomic E-state index is 13.8. The molecule has 0 spiro atoms. The van der Waals surface area contributed by atoms with E-state index >= 15 is 0 Å². The second-order valence-electron chi connectivity index (χ2n) is 11.7. The van der Waals surface area contributed by atoms with Crippen LogP contribution in [0, 0.1) is 17.7 Å². The number of allylic oxidation sites excluding steroid dienone is 2. The third-order valence-electron chi connectivity index (χ3n) is 8.85. The first-order valence-electron chi connectivity index (χ1n) is 13.9. The van der Waals surface area contributed by atoms with Gasteiger partial charge >= 0.3 is 0 Å². The van der Waals surface area contributed by atoms with Gasteiger partial charge in [0.1, 0.15) is 23.7 Å². The lowest BCUT2D eigenvalue weighted by Gasteiger charge is -2.54. The molecular formula is C32H37FN2O3. The van der Waals surface area contributed by atoms with Crippen LogP contribution in [0.25, 0.3) is 10.9 Å². The number of ether oxygens (including phenoxy) is 2. The number of benzene rings is 2. The molecule has 2 fully saturated rings. The van der Waals surface area contributed by atoms with Crippen LogP contribution in [-0.2, 0) is 16.1 Å². The van der Waals surface area contributed by atoms with Gasteiger partial charge < -0.3 is 18.9 Å². The number of fused-ring (bicyclic) bond motifs is 5. The number of halogens is 1. The highest BCUT2D eigenvalue weighted by Crippen LogP contribution is 2.54. The van der Waals surface area contributed by atoms with E-state index in [-0.39, 0.29) is 47.9 Å². The fraction of sp³-hybridized carbons (Fsp3) is 0.469. The Hall–Kier alpha value is -3.12. The van der Waals surface area contributed by atoms with E-state index in [1.165, 1.54) is 17.7 Å². The fourth-order valence-electron chi connectivity index (χ4n) is 6.80. The summed E-state index contributed by atoms with van der Waals surface area (Å²) < 4.78 is 29.3. The van der Waals surface area contributed by atoms with Crippen molar-refractivity contribution in [3.63, 3.8) is 0 Å². The Labute approximate surface area is 224 Å². The summed E-state index contributed by atoms with van der Waals surface area (Å²) in [6.07, 6.45) is 8.00. The van der Waals surface area contributed by atoms with E-state index in [0.29, 0.717) is 13.1 Å². The van der Waals surface area contributed by atoms with Crippen molar-refractivity contribution in [2.45, 2.75) is 70.8 Å². The molecule has 4 heterocycles. The second kappa shape index (κ2) is 9.88. The van der Waals surface area contributed by atoms with Gasteiger partial charge in [-0.15, -0.1) is 0 Å². The minimum atomic E-state index is -0.337. The number of hydrogen-bond acceptors (Lipinski definition) is 3. The zero-order valence-electron chi connectivity index (χ0n) is 22.5. The van der Waals surface area contributed by atoms with Crippen LogP contribution in [0.5, 0.6) is 5.75 Å². The number of aromatic nitrogens is 1. The Kier molecular flexibility index (Phi) is 6.55. The Morgan fingerprint density at radius 3 is 2.87 bits per heavy atom. The molecule has 1 amide bonds. The number of amides is 1. The van der Waals surface area contributed by atoms with Gasteiger partial charge in [0.2, 0.25) is 5.91 Å². The van der Waals surface area contributed by atoms with Crippen molar-refractivity contribution >= 4 is 16.8 Å². The highest BCUT2D eigenvalue weighted by atomic mass is 19.1. The van der Waals surface area contributed by atoms with Crippen molar-refractivity contribution < 1.29 is 18.7 Å². The number of nitrogens with zero attached hydrogens (tertiary/aromatic N) is 2. The largest absolute Gasteiger partial charge is 0.487 e. The number of carbonyl (C=O) groups is 1. The van der Waals surface area contributed by atoms with Gasteiger partial charge in [-0.25, -0.2) is 4.39 Å².